The molecule has 1 aromatic carbocycles. The minimum atomic E-state index is -3.49. The van der Waals surface area contributed by atoms with Gasteiger partial charge >= 0.3 is 0 Å². The summed E-state index contributed by atoms with van der Waals surface area (Å²) in [5, 5.41) is 3.09. The monoisotopic (exact) mass is 395 g/mol. The Labute approximate surface area is 161 Å². The maximum Gasteiger partial charge on any atom is 0.251 e. The van der Waals surface area contributed by atoms with Crippen molar-refractivity contribution in [1.82, 2.24) is 14.9 Å². The van der Waals surface area contributed by atoms with E-state index in [4.69, 9.17) is 4.74 Å². The second-order valence-electron chi connectivity index (χ2n) is 7.30. The first kappa shape index (κ1) is 20.3. The summed E-state index contributed by atoms with van der Waals surface area (Å²) in [6.45, 7) is 3.93. The van der Waals surface area contributed by atoms with Gasteiger partial charge in [-0.3, -0.25) is 9.69 Å². The standard InChI is InChI=1S/C19H29N3O4S/c1-20-27(24,25)17-7-5-16(6-8-17)18(23)21-15-19(9-3-2-4-10-19)22-11-13-26-14-12-22/h5-8,20H,2-4,9-15H2,1H3,(H,21,23). The molecule has 1 saturated heterocycles. The van der Waals surface area contributed by atoms with Crippen LogP contribution in [-0.4, -0.2) is 64.7 Å². The fourth-order valence-corrected chi connectivity index (χ4v) is 4.83. The topological polar surface area (TPSA) is 87.7 Å². The Kier molecular flexibility index (Phi) is 6.52. The molecular formula is C19H29N3O4S. The van der Waals surface area contributed by atoms with Crippen LogP contribution in [0.4, 0.5) is 0 Å². The van der Waals surface area contributed by atoms with Crippen molar-refractivity contribution < 1.29 is 17.9 Å². The molecule has 27 heavy (non-hydrogen) atoms. The highest BCUT2D eigenvalue weighted by Crippen LogP contribution is 2.34. The molecule has 8 heteroatoms. The van der Waals surface area contributed by atoms with Gasteiger partial charge in [0.05, 0.1) is 18.1 Å². The Morgan fingerprint density at radius 1 is 1.11 bits per heavy atom. The highest BCUT2D eigenvalue weighted by Gasteiger charge is 2.38. The molecule has 1 amide bonds. The molecule has 0 radical (unpaired) electrons. The van der Waals surface area contributed by atoms with Gasteiger partial charge in [-0.15, -0.1) is 0 Å². The number of hydrogen-bond donors (Lipinski definition) is 2. The van der Waals surface area contributed by atoms with Crippen molar-refractivity contribution in [3.8, 4) is 0 Å². The molecule has 0 atom stereocenters. The Balaban J connectivity index is 1.67. The molecule has 7 nitrogen and oxygen atoms in total. The summed E-state index contributed by atoms with van der Waals surface area (Å²) in [6, 6.07) is 6.03. The van der Waals surface area contributed by atoms with Crippen LogP contribution in [-0.2, 0) is 14.8 Å². The van der Waals surface area contributed by atoms with Crippen molar-refractivity contribution in [3.63, 3.8) is 0 Å². The number of ether oxygens (including phenoxy) is 1. The lowest BCUT2D eigenvalue weighted by atomic mass is 9.79. The number of nitrogens with one attached hydrogen (secondary N) is 2. The first-order valence-electron chi connectivity index (χ1n) is 9.61. The van der Waals surface area contributed by atoms with Crippen LogP contribution in [0, 0.1) is 0 Å². The van der Waals surface area contributed by atoms with E-state index in [2.05, 4.69) is 14.9 Å². The second kappa shape index (κ2) is 8.68. The Morgan fingerprint density at radius 2 is 1.74 bits per heavy atom. The van der Waals surface area contributed by atoms with E-state index < -0.39 is 10.0 Å². The number of morpholine rings is 1. The minimum absolute atomic E-state index is 0.00704. The van der Waals surface area contributed by atoms with E-state index in [1.54, 1.807) is 12.1 Å². The van der Waals surface area contributed by atoms with Crippen LogP contribution in [0.25, 0.3) is 0 Å². The van der Waals surface area contributed by atoms with E-state index in [1.165, 1.54) is 38.4 Å². The van der Waals surface area contributed by atoms with Crippen LogP contribution >= 0.6 is 0 Å². The number of hydrogen-bond acceptors (Lipinski definition) is 5. The quantitative estimate of drug-likeness (QED) is 0.759. The van der Waals surface area contributed by atoms with Gasteiger partial charge in [0.25, 0.3) is 5.91 Å². The molecule has 0 bridgehead atoms. The van der Waals surface area contributed by atoms with Gasteiger partial charge in [-0.05, 0) is 44.2 Å². The largest absolute Gasteiger partial charge is 0.379 e. The zero-order valence-corrected chi connectivity index (χ0v) is 16.7. The van der Waals surface area contributed by atoms with Gasteiger partial charge in [0.2, 0.25) is 10.0 Å². The zero-order chi connectivity index (χ0) is 19.3. The number of nitrogens with zero attached hydrogens (tertiary/aromatic N) is 1. The van der Waals surface area contributed by atoms with Crippen molar-refractivity contribution in [2.24, 2.45) is 0 Å². The van der Waals surface area contributed by atoms with Crippen molar-refractivity contribution >= 4 is 15.9 Å². The summed E-state index contributed by atoms with van der Waals surface area (Å²) >= 11 is 0. The van der Waals surface area contributed by atoms with Crippen LogP contribution in [0.15, 0.2) is 29.2 Å². The number of carbonyl (C=O) groups excluding carboxylic acids is 1. The van der Waals surface area contributed by atoms with Gasteiger partial charge in [-0.1, -0.05) is 19.3 Å². The third kappa shape index (κ3) is 4.68. The lowest BCUT2D eigenvalue weighted by Crippen LogP contribution is -2.59. The highest BCUT2D eigenvalue weighted by molar-refractivity contribution is 7.89. The first-order valence-corrected chi connectivity index (χ1v) is 11.1. The summed E-state index contributed by atoms with van der Waals surface area (Å²) in [5.41, 5.74) is 0.477. The van der Waals surface area contributed by atoms with Crippen LogP contribution in [0.1, 0.15) is 42.5 Å². The SMILES string of the molecule is CNS(=O)(=O)c1ccc(C(=O)NCC2(N3CCOCC3)CCCCC2)cc1. The van der Waals surface area contributed by atoms with Crippen LogP contribution in [0.3, 0.4) is 0 Å². The van der Waals surface area contributed by atoms with Gasteiger partial charge in [0.1, 0.15) is 0 Å². The van der Waals surface area contributed by atoms with Gasteiger partial charge < -0.3 is 10.1 Å². The number of amides is 1. The minimum Gasteiger partial charge on any atom is -0.379 e. The average molecular weight is 396 g/mol. The van der Waals surface area contributed by atoms with E-state index in [1.807, 2.05) is 0 Å². The molecule has 0 spiro atoms. The van der Waals surface area contributed by atoms with Gasteiger partial charge in [-0.2, -0.15) is 0 Å². The first-order chi connectivity index (χ1) is 13.0. The molecule has 2 fully saturated rings. The van der Waals surface area contributed by atoms with Gasteiger partial charge in [0.15, 0.2) is 0 Å². The third-order valence-electron chi connectivity index (χ3n) is 5.74. The summed E-state index contributed by atoms with van der Waals surface area (Å²) in [7, 11) is -2.13. The van der Waals surface area contributed by atoms with E-state index in [-0.39, 0.29) is 16.3 Å². The van der Waals surface area contributed by atoms with Crippen LogP contribution in [0.2, 0.25) is 0 Å². The fourth-order valence-electron chi connectivity index (χ4n) is 4.10. The van der Waals surface area contributed by atoms with Crippen molar-refractivity contribution in [2.45, 2.75) is 42.5 Å². The lowest BCUT2D eigenvalue weighted by Gasteiger charge is -2.48. The van der Waals surface area contributed by atoms with Crippen LogP contribution in [0.5, 0.6) is 0 Å². The molecule has 2 aliphatic rings. The summed E-state index contributed by atoms with van der Waals surface area (Å²) in [6.07, 6.45) is 5.80. The molecule has 1 aliphatic carbocycles. The molecule has 1 heterocycles. The smallest absolute Gasteiger partial charge is 0.251 e. The van der Waals surface area contributed by atoms with Crippen molar-refractivity contribution in [3.05, 3.63) is 29.8 Å². The maximum absolute atomic E-state index is 12.6. The molecule has 1 aliphatic heterocycles. The van der Waals surface area contributed by atoms with E-state index in [0.29, 0.717) is 12.1 Å². The van der Waals surface area contributed by atoms with E-state index >= 15 is 0 Å². The predicted molar refractivity (Wildman–Crippen MR) is 103 cm³/mol. The predicted octanol–water partition coefficient (Wildman–Crippen LogP) is 1.36. The summed E-state index contributed by atoms with van der Waals surface area (Å²) in [4.78, 5) is 15.3. The average Bonchev–Trinajstić information content (AvgIpc) is 2.73. The summed E-state index contributed by atoms with van der Waals surface area (Å²) in [5.74, 6) is -0.165. The number of benzene rings is 1. The molecule has 1 aromatic rings. The van der Waals surface area contributed by atoms with E-state index in [0.717, 1.165) is 39.1 Å². The third-order valence-corrected chi connectivity index (χ3v) is 7.17. The Hall–Kier alpha value is -1.48. The molecule has 150 valence electrons. The molecule has 2 N–H and O–H groups in total. The molecule has 1 saturated carbocycles. The van der Waals surface area contributed by atoms with Crippen molar-refractivity contribution in [1.29, 1.82) is 0 Å². The summed E-state index contributed by atoms with van der Waals surface area (Å²) < 4.78 is 31.4. The van der Waals surface area contributed by atoms with Gasteiger partial charge in [-0.25, -0.2) is 13.1 Å². The van der Waals surface area contributed by atoms with Gasteiger partial charge in [0, 0.05) is 30.7 Å². The number of rotatable bonds is 6. The number of sulfonamides is 1. The second-order valence-corrected chi connectivity index (χ2v) is 9.19. The normalized spacial score (nSPS) is 20.9. The Morgan fingerprint density at radius 3 is 2.33 bits per heavy atom. The zero-order valence-electron chi connectivity index (χ0n) is 15.9. The highest BCUT2D eigenvalue weighted by atomic mass is 32.2. The molecule has 0 unspecified atom stereocenters. The molecular weight excluding hydrogens is 366 g/mol. The number of carbonyl (C=O) groups is 1. The molecule has 3 rings (SSSR count). The lowest BCUT2D eigenvalue weighted by molar-refractivity contribution is -0.0361. The Bertz CT molecular complexity index is 737. The van der Waals surface area contributed by atoms with Crippen molar-refractivity contribution in [2.75, 3.05) is 39.9 Å². The molecule has 0 aromatic heterocycles. The van der Waals surface area contributed by atoms with Crippen LogP contribution < -0.4 is 10.0 Å². The van der Waals surface area contributed by atoms with E-state index in [9.17, 15) is 13.2 Å². The fraction of sp³-hybridized carbons (Fsp3) is 0.632. The maximum atomic E-state index is 12.6.